The molecule has 0 saturated carbocycles. The molecule has 0 bridgehead atoms. The van der Waals surface area contributed by atoms with Gasteiger partial charge in [-0.3, -0.25) is 0 Å². The van der Waals surface area contributed by atoms with Gasteiger partial charge >= 0.3 is 5.97 Å². The maximum atomic E-state index is 11.5. The van der Waals surface area contributed by atoms with Crippen LogP contribution < -0.4 is 4.74 Å². The van der Waals surface area contributed by atoms with E-state index in [9.17, 15) is 9.90 Å². The first kappa shape index (κ1) is 19.1. The maximum absolute atomic E-state index is 11.5. The standard InChI is InChI=1S/C19H20N2O5S/c1-24-15-5-3-13(4-6-15)9-21-10-14(11-22)20-19(21)27-12-16-7-8-17(26-16)18(23)25-2/h3-8,10,22H,9,11-12H2,1-2H3. The summed E-state index contributed by atoms with van der Waals surface area (Å²) in [7, 11) is 2.94. The van der Waals surface area contributed by atoms with Gasteiger partial charge < -0.3 is 23.6 Å². The van der Waals surface area contributed by atoms with E-state index in [2.05, 4.69) is 9.72 Å². The van der Waals surface area contributed by atoms with E-state index in [0.29, 0.717) is 23.8 Å². The number of aromatic nitrogens is 2. The number of nitrogens with zero attached hydrogens (tertiary/aromatic N) is 2. The van der Waals surface area contributed by atoms with Gasteiger partial charge in [-0.05, 0) is 29.8 Å². The number of imidazole rings is 1. The molecule has 2 aromatic heterocycles. The molecule has 27 heavy (non-hydrogen) atoms. The van der Waals surface area contributed by atoms with Crippen LogP contribution in [0.1, 0.15) is 27.6 Å². The molecule has 0 atom stereocenters. The van der Waals surface area contributed by atoms with Gasteiger partial charge in [-0.2, -0.15) is 0 Å². The van der Waals surface area contributed by atoms with Crippen LogP contribution in [0.15, 0.2) is 52.2 Å². The van der Waals surface area contributed by atoms with Gasteiger partial charge in [-0.1, -0.05) is 23.9 Å². The SMILES string of the molecule is COC(=O)c1ccc(CSc2nc(CO)cn2Cc2ccc(OC)cc2)o1. The molecule has 0 fully saturated rings. The zero-order chi connectivity index (χ0) is 19.2. The average molecular weight is 388 g/mol. The Morgan fingerprint density at radius 1 is 1.22 bits per heavy atom. The number of aliphatic hydroxyl groups is 1. The van der Waals surface area contributed by atoms with Crippen LogP contribution >= 0.6 is 11.8 Å². The van der Waals surface area contributed by atoms with Crippen LogP contribution in [0.5, 0.6) is 5.75 Å². The second-order valence-electron chi connectivity index (χ2n) is 5.70. The van der Waals surface area contributed by atoms with Crippen molar-refractivity contribution in [2.45, 2.75) is 24.1 Å². The first-order valence-electron chi connectivity index (χ1n) is 8.22. The number of benzene rings is 1. The molecule has 0 aliphatic rings. The van der Waals surface area contributed by atoms with Crippen LogP contribution in [0.3, 0.4) is 0 Å². The summed E-state index contributed by atoms with van der Waals surface area (Å²) in [5.41, 5.74) is 1.69. The van der Waals surface area contributed by atoms with E-state index < -0.39 is 5.97 Å². The quantitative estimate of drug-likeness (QED) is 0.469. The van der Waals surface area contributed by atoms with Gasteiger partial charge in [0.05, 0.1) is 32.3 Å². The van der Waals surface area contributed by atoms with Gasteiger partial charge in [0.25, 0.3) is 0 Å². The van der Waals surface area contributed by atoms with Gasteiger partial charge in [0.1, 0.15) is 11.5 Å². The number of hydrogen-bond donors (Lipinski definition) is 1. The Kier molecular flexibility index (Phi) is 6.20. The van der Waals surface area contributed by atoms with Crippen molar-refractivity contribution in [3.05, 3.63) is 65.4 Å². The Morgan fingerprint density at radius 2 is 2.00 bits per heavy atom. The van der Waals surface area contributed by atoms with Crippen LogP contribution in [0.4, 0.5) is 0 Å². The van der Waals surface area contributed by atoms with Gasteiger partial charge in [0.2, 0.25) is 5.76 Å². The summed E-state index contributed by atoms with van der Waals surface area (Å²) in [5, 5.41) is 10.2. The van der Waals surface area contributed by atoms with E-state index in [0.717, 1.165) is 16.5 Å². The number of carbonyl (C=O) groups is 1. The molecule has 0 unspecified atom stereocenters. The highest BCUT2D eigenvalue weighted by Crippen LogP contribution is 2.25. The van der Waals surface area contributed by atoms with Gasteiger partial charge in [0.15, 0.2) is 5.16 Å². The van der Waals surface area contributed by atoms with E-state index in [4.69, 9.17) is 9.15 Å². The van der Waals surface area contributed by atoms with Gasteiger partial charge in [-0.15, -0.1) is 0 Å². The summed E-state index contributed by atoms with van der Waals surface area (Å²) in [6.07, 6.45) is 1.83. The second-order valence-corrected chi connectivity index (χ2v) is 6.64. The summed E-state index contributed by atoms with van der Waals surface area (Å²) < 4.78 is 17.3. The number of furan rings is 1. The minimum atomic E-state index is -0.505. The third kappa shape index (κ3) is 4.72. The van der Waals surface area contributed by atoms with E-state index in [-0.39, 0.29) is 12.4 Å². The van der Waals surface area contributed by atoms with Crippen molar-refractivity contribution in [3.63, 3.8) is 0 Å². The molecule has 3 rings (SSSR count). The van der Waals surface area contributed by atoms with Crippen LogP contribution in [0.2, 0.25) is 0 Å². The Labute approximate surface area is 160 Å². The number of methoxy groups -OCH3 is 2. The largest absolute Gasteiger partial charge is 0.497 e. The molecule has 7 nitrogen and oxygen atoms in total. The fraction of sp³-hybridized carbons (Fsp3) is 0.263. The highest BCUT2D eigenvalue weighted by molar-refractivity contribution is 7.98. The number of hydrogen-bond acceptors (Lipinski definition) is 7. The highest BCUT2D eigenvalue weighted by Gasteiger charge is 2.14. The normalized spacial score (nSPS) is 10.8. The Morgan fingerprint density at radius 3 is 2.67 bits per heavy atom. The van der Waals surface area contributed by atoms with E-state index in [1.54, 1.807) is 19.2 Å². The van der Waals surface area contributed by atoms with Crippen molar-refractivity contribution in [1.29, 1.82) is 0 Å². The van der Waals surface area contributed by atoms with Crippen LogP contribution in [-0.2, 0) is 23.6 Å². The molecule has 1 N–H and O–H groups in total. The fourth-order valence-electron chi connectivity index (χ4n) is 2.48. The number of thioether (sulfide) groups is 1. The number of carbonyl (C=O) groups excluding carboxylic acids is 1. The Bertz CT molecular complexity index is 901. The third-order valence-electron chi connectivity index (χ3n) is 3.86. The lowest BCUT2D eigenvalue weighted by atomic mass is 10.2. The molecule has 1 aromatic carbocycles. The molecule has 8 heteroatoms. The first-order chi connectivity index (χ1) is 13.1. The lowest BCUT2D eigenvalue weighted by Gasteiger charge is -2.08. The smallest absolute Gasteiger partial charge is 0.373 e. The van der Waals surface area contributed by atoms with Crippen molar-refractivity contribution >= 4 is 17.7 Å². The van der Waals surface area contributed by atoms with Crippen molar-refractivity contribution in [2.75, 3.05) is 14.2 Å². The predicted octanol–water partition coefficient (Wildman–Crippen LogP) is 3.10. The molecule has 0 radical (unpaired) electrons. The van der Waals surface area contributed by atoms with Crippen LogP contribution in [0.25, 0.3) is 0 Å². The van der Waals surface area contributed by atoms with Crippen molar-refractivity contribution < 1.29 is 23.8 Å². The van der Waals surface area contributed by atoms with Gasteiger partial charge in [-0.25, -0.2) is 9.78 Å². The zero-order valence-corrected chi connectivity index (χ0v) is 15.9. The first-order valence-corrected chi connectivity index (χ1v) is 9.21. The molecule has 0 aliphatic heterocycles. The zero-order valence-electron chi connectivity index (χ0n) is 15.0. The van der Waals surface area contributed by atoms with Crippen molar-refractivity contribution in [2.24, 2.45) is 0 Å². The summed E-state index contributed by atoms with van der Waals surface area (Å²) in [5.74, 6) is 1.61. The predicted molar refractivity (Wildman–Crippen MR) is 99.9 cm³/mol. The molecule has 0 aliphatic carbocycles. The Hall–Kier alpha value is -2.71. The monoisotopic (exact) mass is 388 g/mol. The van der Waals surface area contributed by atoms with E-state index >= 15 is 0 Å². The lowest BCUT2D eigenvalue weighted by molar-refractivity contribution is 0.0563. The third-order valence-corrected chi connectivity index (χ3v) is 4.87. The Balaban J connectivity index is 1.71. The molecular weight excluding hydrogens is 368 g/mol. The molecular formula is C19H20N2O5S. The van der Waals surface area contributed by atoms with Crippen molar-refractivity contribution in [3.8, 4) is 5.75 Å². The fourth-order valence-corrected chi connectivity index (χ4v) is 3.38. The van der Waals surface area contributed by atoms with E-state index in [1.165, 1.54) is 18.9 Å². The minimum absolute atomic E-state index is 0.129. The molecule has 2 heterocycles. The van der Waals surface area contributed by atoms with Crippen LogP contribution in [0, 0.1) is 0 Å². The molecule has 0 spiro atoms. The summed E-state index contributed by atoms with van der Waals surface area (Å²) in [6.45, 7) is 0.487. The number of aliphatic hydroxyl groups excluding tert-OH is 1. The minimum Gasteiger partial charge on any atom is -0.497 e. The van der Waals surface area contributed by atoms with E-state index in [1.807, 2.05) is 35.0 Å². The number of rotatable bonds is 8. The second kappa shape index (κ2) is 8.79. The highest BCUT2D eigenvalue weighted by atomic mass is 32.2. The number of ether oxygens (including phenoxy) is 2. The van der Waals surface area contributed by atoms with Crippen molar-refractivity contribution in [1.82, 2.24) is 9.55 Å². The number of esters is 1. The topological polar surface area (TPSA) is 86.7 Å². The van der Waals surface area contributed by atoms with Gasteiger partial charge in [0, 0.05) is 12.7 Å². The lowest BCUT2D eigenvalue weighted by Crippen LogP contribution is -2.00. The maximum Gasteiger partial charge on any atom is 0.373 e. The molecule has 3 aromatic rings. The average Bonchev–Trinajstić information content (AvgIpc) is 3.33. The molecule has 0 saturated heterocycles. The summed E-state index contributed by atoms with van der Waals surface area (Å²) >= 11 is 1.47. The van der Waals surface area contributed by atoms with Crippen LogP contribution in [-0.4, -0.2) is 34.8 Å². The summed E-state index contributed by atoms with van der Waals surface area (Å²) in [6, 6.07) is 11.1. The molecule has 0 amide bonds. The summed E-state index contributed by atoms with van der Waals surface area (Å²) in [4.78, 5) is 15.9. The molecule has 142 valence electrons.